The van der Waals surface area contributed by atoms with E-state index < -0.39 is 11.8 Å². The van der Waals surface area contributed by atoms with Crippen molar-refractivity contribution in [2.24, 2.45) is 0 Å². The van der Waals surface area contributed by atoms with Gasteiger partial charge in [0, 0.05) is 31.0 Å². The maximum atomic E-state index is 12.2. The summed E-state index contributed by atoms with van der Waals surface area (Å²) in [6.45, 7) is 6.30. The Morgan fingerprint density at radius 1 is 0.909 bits per heavy atom. The number of carbonyl (C=O) groups is 2. The molecule has 0 unspecified atom stereocenters. The van der Waals surface area contributed by atoms with E-state index in [1.165, 1.54) is 22.4 Å². The molecule has 0 spiro atoms. The van der Waals surface area contributed by atoms with Gasteiger partial charge in [-0.3, -0.25) is 9.59 Å². The predicted molar refractivity (Wildman–Crippen MR) is 134 cm³/mol. The third-order valence-corrected chi connectivity index (χ3v) is 6.21. The molecule has 0 aromatic heterocycles. The summed E-state index contributed by atoms with van der Waals surface area (Å²) < 4.78 is 0. The van der Waals surface area contributed by atoms with Gasteiger partial charge in [-0.25, -0.2) is 0 Å². The van der Waals surface area contributed by atoms with Crippen molar-refractivity contribution in [3.63, 3.8) is 0 Å². The second-order valence-electron chi connectivity index (χ2n) is 8.74. The van der Waals surface area contributed by atoms with Crippen LogP contribution in [0.15, 0.2) is 66.7 Å². The van der Waals surface area contributed by atoms with Crippen molar-refractivity contribution in [1.82, 2.24) is 5.32 Å². The second kappa shape index (κ2) is 10.3. The van der Waals surface area contributed by atoms with Crippen molar-refractivity contribution in [1.29, 1.82) is 0 Å². The highest BCUT2D eigenvalue weighted by atomic mass is 16.2. The number of anilines is 2. The molecule has 1 aliphatic heterocycles. The largest absolute Gasteiger partial charge is 0.367 e. The summed E-state index contributed by atoms with van der Waals surface area (Å²) >= 11 is 0. The second-order valence-corrected chi connectivity index (χ2v) is 8.74. The molecule has 0 fully saturated rings. The number of fused-ring (bicyclic) bond motifs is 1. The van der Waals surface area contributed by atoms with E-state index in [0.717, 1.165) is 43.5 Å². The van der Waals surface area contributed by atoms with Crippen LogP contribution < -0.4 is 15.5 Å². The van der Waals surface area contributed by atoms with E-state index in [4.69, 9.17) is 0 Å². The molecule has 2 N–H and O–H groups in total. The van der Waals surface area contributed by atoms with Gasteiger partial charge in [-0.2, -0.15) is 0 Å². The Labute approximate surface area is 195 Å². The zero-order valence-electron chi connectivity index (χ0n) is 19.4. The van der Waals surface area contributed by atoms with E-state index in [9.17, 15) is 9.59 Å². The first-order chi connectivity index (χ1) is 16.0. The first-order valence-electron chi connectivity index (χ1n) is 11.6. The summed E-state index contributed by atoms with van der Waals surface area (Å²) in [4.78, 5) is 26.7. The van der Waals surface area contributed by atoms with E-state index in [1.54, 1.807) is 0 Å². The lowest BCUT2D eigenvalue weighted by Crippen LogP contribution is -2.36. The normalized spacial score (nSPS) is 12.7. The van der Waals surface area contributed by atoms with E-state index in [0.29, 0.717) is 12.2 Å². The quantitative estimate of drug-likeness (QED) is 0.436. The summed E-state index contributed by atoms with van der Waals surface area (Å²) in [6.07, 6.45) is 2.70. The van der Waals surface area contributed by atoms with Crippen molar-refractivity contribution < 1.29 is 9.59 Å². The van der Waals surface area contributed by atoms with Gasteiger partial charge in [-0.1, -0.05) is 48.5 Å². The molecular formula is C28H31N3O2. The molecule has 0 atom stereocenters. The van der Waals surface area contributed by atoms with E-state index in [-0.39, 0.29) is 0 Å². The van der Waals surface area contributed by atoms with Gasteiger partial charge in [0.2, 0.25) is 0 Å². The van der Waals surface area contributed by atoms with Crippen LogP contribution in [0.2, 0.25) is 0 Å². The number of aryl methyl sites for hydroxylation is 3. The van der Waals surface area contributed by atoms with Crippen LogP contribution in [0.5, 0.6) is 0 Å². The summed E-state index contributed by atoms with van der Waals surface area (Å²) in [7, 11) is 0. The van der Waals surface area contributed by atoms with Crippen LogP contribution in [0.1, 0.15) is 34.2 Å². The molecular weight excluding hydrogens is 410 g/mol. The minimum atomic E-state index is -0.629. The molecule has 2 amide bonds. The van der Waals surface area contributed by atoms with Crippen molar-refractivity contribution in [3.8, 4) is 0 Å². The zero-order chi connectivity index (χ0) is 23.2. The molecule has 170 valence electrons. The van der Waals surface area contributed by atoms with Gasteiger partial charge in [0.05, 0.1) is 0 Å². The fraction of sp³-hybridized carbons (Fsp3) is 0.286. The maximum Gasteiger partial charge on any atom is 0.313 e. The molecule has 33 heavy (non-hydrogen) atoms. The number of nitrogens with zero attached hydrogens (tertiary/aromatic N) is 1. The fourth-order valence-corrected chi connectivity index (χ4v) is 4.21. The summed E-state index contributed by atoms with van der Waals surface area (Å²) in [5.74, 6) is -1.23. The van der Waals surface area contributed by atoms with Gasteiger partial charge in [-0.05, 0) is 79.1 Å². The summed E-state index contributed by atoms with van der Waals surface area (Å²) in [5.41, 5.74) is 7.97. The Morgan fingerprint density at radius 3 is 2.45 bits per heavy atom. The Hall–Kier alpha value is -3.60. The van der Waals surface area contributed by atoms with Crippen LogP contribution in [-0.2, 0) is 29.0 Å². The summed E-state index contributed by atoms with van der Waals surface area (Å²) in [6, 6.07) is 23.1. The number of hydrogen-bond acceptors (Lipinski definition) is 3. The van der Waals surface area contributed by atoms with Crippen LogP contribution in [-0.4, -0.2) is 24.9 Å². The highest BCUT2D eigenvalue weighted by molar-refractivity contribution is 6.39. The van der Waals surface area contributed by atoms with Crippen LogP contribution in [0.25, 0.3) is 0 Å². The van der Waals surface area contributed by atoms with Gasteiger partial charge < -0.3 is 15.5 Å². The smallest absolute Gasteiger partial charge is 0.313 e. The molecule has 0 radical (unpaired) electrons. The SMILES string of the molecule is Cc1ccc(C)c(NC(=O)C(=O)NCCCc2ccc(N3CCc4ccccc4C3)cc2)c1. The fourth-order valence-electron chi connectivity index (χ4n) is 4.21. The summed E-state index contributed by atoms with van der Waals surface area (Å²) in [5, 5.41) is 5.42. The first kappa shape index (κ1) is 22.6. The lowest BCUT2D eigenvalue weighted by molar-refractivity contribution is -0.136. The van der Waals surface area contributed by atoms with E-state index in [2.05, 4.69) is 64.1 Å². The van der Waals surface area contributed by atoms with Gasteiger partial charge in [-0.15, -0.1) is 0 Å². The van der Waals surface area contributed by atoms with E-state index in [1.807, 2.05) is 32.0 Å². The third-order valence-electron chi connectivity index (χ3n) is 6.21. The molecule has 0 aliphatic carbocycles. The number of nitrogens with one attached hydrogen (secondary N) is 2. The molecule has 0 saturated heterocycles. The zero-order valence-corrected chi connectivity index (χ0v) is 19.4. The minimum Gasteiger partial charge on any atom is -0.367 e. The first-order valence-corrected chi connectivity index (χ1v) is 11.6. The Morgan fingerprint density at radius 2 is 1.67 bits per heavy atom. The Kier molecular flexibility index (Phi) is 7.08. The van der Waals surface area contributed by atoms with Gasteiger partial charge in [0.15, 0.2) is 0 Å². The van der Waals surface area contributed by atoms with Crippen molar-refractivity contribution in [2.45, 2.75) is 39.7 Å². The molecule has 1 heterocycles. The predicted octanol–water partition coefficient (Wildman–Crippen LogP) is 4.55. The monoisotopic (exact) mass is 441 g/mol. The average Bonchev–Trinajstić information content (AvgIpc) is 2.84. The highest BCUT2D eigenvalue weighted by Gasteiger charge is 2.16. The maximum absolute atomic E-state index is 12.2. The number of carbonyl (C=O) groups excluding carboxylic acids is 2. The Balaban J connectivity index is 1.21. The van der Waals surface area contributed by atoms with Crippen LogP contribution in [0.4, 0.5) is 11.4 Å². The number of rotatable bonds is 6. The number of amides is 2. The molecule has 5 nitrogen and oxygen atoms in total. The van der Waals surface area contributed by atoms with Gasteiger partial charge >= 0.3 is 11.8 Å². The molecule has 0 bridgehead atoms. The average molecular weight is 442 g/mol. The van der Waals surface area contributed by atoms with Gasteiger partial charge in [0.1, 0.15) is 0 Å². The number of hydrogen-bond donors (Lipinski definition) is 2. The molecule has 3 aromatic rings. The van der Waals surface area contributed by atoms with Crippen molar-refractivity contribution >= 4 is 23.2 Å². The van der Waals surface area contributed by atoms with Crippen molar-refractivity contribution in [2.75, 3.05) is 23.3 Å². The molecule has 5 heteroatoms. The third kappa shape index (κ3) is 5.80. The minimum absolute atomic E-state index is 0.462. The molecule has 1 aliphatic rings. The lowest BCUT2D eigenvalue weighted by atomic mass is 9.99. The van der Waals surface area contributed by atoms with Crippen molar-refractivity contribution in [3.05, 3.63) is 94.5 Å². The molecule has 3 aromatic carbocycles. The lowest BCUT2D eigenvalue weighted by Gasteiger charge is -2.30. The van der Waals surface area contributed by atoms with Crippen LogP contribution in [0.3, 0.4) is 0 Å². The highest BCUT2D eigenvalue weighted by Crippen LogP contribution is 2.24. The van der Waals surface area contributed by atoms with Gasteiger partial charge in [0.25, 0.3) is 0 Å². The van der Waals surface area contributed by atoms with E-state index >= 15 is 0 Å². The molecule has 4 rings (SSSR count). The topological polar surface area (TPSA) is 61.4 Å². The van der Waals surface area contributed by atoms with Crippen LogP contribution in [0, 0.1) is 13.8 Å². The van der Waals surface area contributed by atoms with Crippen LogP contribution >= 0.6 is 0 Å². The Bertz CT molecular complexity index is 1140. The number of benzene rings is 3. The molecule has 0 saturated carbocycles. The standard InChI is InChI=1S/C28H31N3O2/c1-20-9-10-21(2)26(18-20)30-28(33)27(32)29-16-5-6-22-11-13-25(14-12-22)31-17-15-23-7-3-4-8-24(23)19-31/h3-4,7-14,18H,5-6,15-17,19H2,1-2H3,(H,29,32)(H,30,33).